The number of thiophene rings is 1. The van der Waals surface area contributed by atoms with Gasteiger partial charge in [-0.1, -0.05) is 24.0 Å². The molecule has 1 aliphatic rings. The number of aromatic nitrogens is 2. The van der Waals surface area contributed by atoms with Crippen molar-refractivity contribution in [1.29, 1.82) is 0 Å². The van der Waals surface area contributed by atoms with Crippen LogP contribution in [-0.2, 0) is 4.74 Å². The molecule has 1 amide bonds. The number of rotatable bonds is 5. The van der Waals surface area contributed by atoms with E-state index >= 15 is 0 Å². The van der Waals surface area contributed by atoms with Gasteiger partial charge in [-0.3, -0.25) is 4.79 Å². The van der Waals surface area contributed by atoms with E-state index < -0.39 is 0 Å². The Morgan fingerprint density at radius 1 is 1.37 bits per heavy atom. The fourth-order valence-electron chi connectivity index (χ4n) is 3.38. The van der Waals surface area contributed by atoms with E-state index in [4.69, 9.17) is 14.1 Å². The smallest absolute Gasteiger partial charge is 0.265 e. The third-order valence-corrected chi connectivity index (χ3v) is 7.26. The molecule has 0 radical (unpaired) electrons. The van der Waals surface area contributed by atoms with E-state index in [2.05, 4.69) is 21.8 Å². The molecule has 7 nitrogen and oxygen atoms in total. The van der Waals surface area contributed by atoms with Crippen molar-refractivity contribution in [2.24, 2.45) is 0 Å². The molecular formula is C21H24N4O3S2. The highest BCUT2D eigenvalue weighted by Gasteiger charge is 2.22. The van der Waals surface area contributed by atoms with Crippen LogP contribution in [0.5, 0.6) is 0 Å². The third kappa shape index (κ3) is 4.33. The third-order valence-electron chi connectivity index (χ3n) is 5.04. The topological polar surface area (TPSA) is 80.5 Å². The SMILES string of the molecule is C=c1oc(C)n/c1=C/C(=C\C)NC(=O)c1cc2sc(N3CCC(OC)CC3)nc2s1. The molecule has 0 spiro atoms. The summed E-state index contributed by atoms with van der Waals surface area (Å²) in [5.41, 5.74) is 1.12. The second-order valence-corrected chi connectivity index (χ2v) is 9.12. The lowest BCUT2D eigenvalue weighted by molar-refractivity contribution is 0.0819. The molecule has 3 aromatic rings. The normalized spacial score (nSPS) is 16.6. The van der Waals surface area contributed by atoms with Gasteiger partial charge in [-0.2, -0.15) is 0 Å². The van der Waals surface area contributed by atoms with Crippen LogP contribution in [0.25, 0.3) is 22.2 Å². The molecular weight excluding hydrogens is 420 g/mol. The highest BCUT2D eigenvalue weighted by molar-refractivity contribution is 7.29. The van der Waals surface area contributed by atoms with Crippen LogP contribution in [-0.4, -0.2) is 42.2 Å². The van der Waals surface area contributed by atoms with Gasteiger partial charge in [0.15, 0.2) is 11.0 Å². The number of anilines is 1. The second-order valence-electron chi connectivity index (χ2n) is 7.08. The summed E-state index contributed by atoms with van der Waals surface area (Å²) in [5, 5.41) is 4.55. The van der Waals surface area contributed by atoms with Gasteiger partial charge in [-0.05, 0) is 31.9 Å². The highest BCUT2D eigenvalue weighted by atomic mass is 32.1. The molecule has 1 fully saturated rings. The van der Waals surface area contributed by atoms with Crippen LogP contribution in [0.2, 0.25) is 0 Å². The van der Waals surface area contributed by atoms with Crippen molar-refractivity contribution < 1.29 is 13.9 Å². The van der Waals surface area contributed by atoms with Gasteiger partial charge in [0.25, 0.3) is 5.91 Å². The number of carbonyl (C=O) groups excluding carboxylic acids is 1. The van der Waals surface area contributed by atoms with Crippen LogP contribution >= 0.6 is 22.7 Å². The predicted octanol–water partition coefficient (Wildman–Crippen LogP) is 2.79. The molecule has 1 N–H and O–H groups in total. The average molecular weight is 445 g/mol. The molecule has 1 saturated heterocycles. The predicted molar refractivity (Wildman–Crippen MR) is 121 cm³/mol. The molecule has 30 heavy (non-hydrogen) atoms. The Morgan fingerprint density at radius 3 is 2.73 bits per heavy atom. The largest absolute Gasteiger partial charge is 0.442 e. The molecule has 0 unspecified atom stereocenters. The number of fused-ring (bicyclic) bond motifs is 1. The summed E-state index contributed by atoms with van der Waals surface area (Å²) < 4.78 is 11.8. The maximum Gasteiger partial charge on any atom is 0.265 e. The van der Waals surface area contributed by atoms with Crippen molar-refractivity contribution in [1.82, 2.24) is 15.3 Å². The van der Waals surface area contributed by atoms with Crippen molar-refractivity contribution in [3.8, 4) is 0 Å². The van der Waals surface area contributed by atoms with Crippen molar-refractivity contribution >= 4 is 55.9 Å². The summed E-state index contributed by atoms with van der Waals surface area (Å²) in [4.78, 5) is 25.6. The molecule has 0 atom stereocenters. The summed E-state index contributed by atoms with van der Waals surface area (Å²) in [6.07, 6.45) is 5.94. The number of nitrogens with zero attached hydrogens (tertiary/aromatic N) is 3. The molecule has 0 saturated carbocycles. The lowest BCUT2D eigenvalue weighted by Gasteiger charge is -2.30. The fraction of sp³-hybridized carbons (Fsp3) is 0.381. The van der Waals surface area contributed by atoms with Crippen LogP contribution in [0.1, 0.15) is 35.3 Å². The van der Waals surface area contributed by atoms with Gasteiger partial charge >= 0.3 is 0 Å². The molecule has 0 aliphatic carbocycles. The van der Waals surface area contributed by atoms with Gasteiger partial charge in [-0.25, -0.2) is 9.97 Å². The van der Waals surface area contributed by atoms with E-state index in [0.29, 0.717) is 33.3 Å². The van der Waals surface area contributed by atoms with Crippen molar-refractivity contribution in [3.63, 3.8) is 0 Å². The number of carbonyl (C=O) groups is 1. The summed E-state index contributed by atoms with van der Waals surface area (Å²) in [6, 6.07) is 1.92. The molecule has 0 bridgehead atoms. The zero-order chi connectivity index (χ0) is 21.3. The van der Waals surface area contributed by atoms with Crippen LogP contribution in [0.3, 0.4) is 0 Å². The zero-order valence-corrected chi connectivity index (χ0v) is 18.9. The molecule has 3 aromatic heterocycles. The summed E-state index contributed by atoms with van der Waals surface area (Å²) in [6.45, 7) is 9.34. The summed E-state index contributed by atoms with van der Waals surface area (Å²) in [7, 11) is 1.77. The van der Waals surface area contributed by atoms with Gasteiger partial charge in [-0.15, -0.1) is 11.3 Å². The number of ether oxygens (including phenoxy) is 1. The number of methoxy groups -OCH3 is 1. The average Bonchev–Trinajstić information content (AvgIpc) is 3.40. The second kappa shape index (κ2) is 8.71. The Balaban J connectivity index is 1.47. The van der Waals surface area contributed by atoms with E-state index in [1.807, 2.05) is 19.1 Å². The Morgan fingerprint density at radius 2 is 2.13 bits per heavy atom. The molecule has 4 heterocycles. The number of oxazole rings is 1. The van der Waals surface area contributed by atoms with Crippen molar-refractivity contribution in [2.45, 2.75) is 32.8 Å². The molecule has 1 aliphatic heterocycles. The Hall–Kier alpha value is -2.49. The van der Waals surface area contributed by atoms with Crippen molar-refractivity contribution in [3.05, 3.63) is 39.4 Å². The minimum atomic E-state index is -0.164. The first-order valence-electron chi connectivity index (χ1n) is 9.76. The molecule has 158 valence electrons. The highest BCUT2D eigenvalue weighted by Crippen LogP contribution is 2.35. The number of amides is 1. The maximum absolute atomic E-state index is 12.7. The van der Waals surface area contributed by atoms with Gasteiger partial charge in [0.2, 0.25) is 0 Å². The lowest BCUT2D eigenvalue weighted by Crippen LogP contribution is -2.36. The summed E-state index contributed by atoms with van der Waals surface area (Å²) >= 11 is 3.04. The van der Waals surface area contributed by atoms with Crippen LogP contribution in [0.4, 0.5) is 5.13 Å². The fourth-order valence-corrected chi connectivity index (χ4v) is 5.54. The van der Waals surface area contributed by atoms with E-state index in [0.717, 1.165) is 40.6 Å². The maximum atomic E-state index is 12.7. The monoisotopic (exact) mass is 444 g/mol. The first-order chi connectivity index (χ1) is 14.5. The summed E-state index contributed by atoms with van der Waals surface area (Å²) in [5.74, 6) is 0.377. The lowest BCUT2D eigenvalue weighted by atomic mass is 10.1. The minimum Gasteiger partial charge on any atom is -0.442 e. The Labute approximate surface area is 182 Å². The number of nitrogens with one attached hydrogen (secondary N) is 1. The Bertz CT molecular complexity index is 1170. The standard InChI is InChI=1S/C21H24N4O3S2/c1-5-14(10-16-12(2)28-13(3)22-16)23-19(26)17-11-18-20(29-17)24-21(30-18)25-8-6-15(27-4)7-9-25/h5,10-11,15H,2,6-9H2,1,3-4H3,(H,23,26)/b14-5+,16-10+. The number of thiazole rings is 1. The van der Waals surface area contributed by atoms with Crippen LogP contribution in [0.15, 0.2) is 22.3 Å². The molecule has 4 rings (SSSR count). The van der Waals surface area contributed by atoms with Gasteiger partial charge < -0.3 is 19.4 Å². The Kier molecular flexibility index (Phi) is 6.03. The van der Waals surface area contributed by atoms with Crippen LogP contribution < -0.4 is 21.0 Å². The zero-order valence-electron chi connectivity index (χ0n) is 17.2. The van der Waals surface area contributed by atoms with Gasteiger partial charge in [0.05, 0.1) is 15.7 Å². The minimum absolute atomic E-state index is 0.164. The van der Waals surface area contributed by atoms with E-state index in [1.165, 1.54) is 11.3 Å². The molecule has 9 heteroatoms. The van der Waals surface area contributed by atoms with Gasteiger partial charge in [0, 0.05) is 32.8 Å². The number of aryl methyl sites for hydroxylation is 1. The van der Waals surface area contributed by atoms with E-state index in [9.17, 15) is 4.79 Å². The van der Waals surface area contributed by atoms with Crippen molar-refractivity contribution in [2.75, 3.05) is 25.1 Å². The number of piperidine rings is 1. The number of hydrogen-bond acceptors (Lipinski definition) is 8. The number of hydrogen-bond donors (Lipinski definition) is 1. The number of allylic oxidation sites excluding steroid dienone is 2. The molecule has 0 aromatic carbocycles. The quantitative estimate of drug-likeness (QED) is 0.652. The first kappa shape index (κ1) is 20.8. The van der Waals surface area contributed by atoms with E-state index in [-0.39, 0.29) is 5.91 Å². The first-order valence-corrected chi connectivity index (χ1v) is 11.4. The van der Waals surface area contributed by atoms with E-state index in [1.54, 1.807) is 31.4 Å². The van der Waals surface area contributed by atoms with Gasteiger partial charge in [0.1, 0.15) is 15.6 Å². The van der Waals surface area contributed by atoms with Crippen LogP contribution in [0, 0.1) is 6.92 Å².